The maximum absolute atomic E-state index is 12.4. The van der Waals surface area contributed by atoms with Crippen LogP contribution >= 0.6 is 0 Å². The van der Waals surface area contributed by atoms with Crippen molar-refractivity contribution in [2.24, 2.45) is 5.92 Å². The number of amides is 1. The van der Waals surface area contributed by atoms with Crippen LogP contribution in [0.1, 0.15) is 5.89 Å². The first kappa shape index (κ1) is 15.4. The second kappa shape index (κ2) is 5.87. The summed E-state index contributed by atoms with van der Waals surface area (Å²) in [6.45, 7) is 0.469. The first-order chi connectivity index (χ1) is 13.2. The predicted molar refractivity (Wildman–Crippen MR) is 93.7 cm³/mol. The van der Waals surface area contributed by atoms with Gasteiger partial charge in [0.25, 0.3) is 5.56 Å². The monoisotopic (exact) mass is 363 g/mol. The number of H-pyrrole nitrogens is 1. The number of hydrogen-bond acceptors (Lipinski definition) is 7. The fourth-order valence-corrected chi connectivity index (χ4v) is 3.15. The van der Waals surface area contributed by atoms with Gasteiger partial charge < -0.3 is 9.09 Å². The maximum Gasteiger partial charge on any atom is 0.264 e. The molecular weight excluding hydrogens is 350 g/mol. The Bertz CT molecular complexity index is 1200. The second-order valence-corrected chi connectivity index (χ2v) is 6.24. The van der Waals surface area contributed by atoms with E-state index in [1.54, 1.807) is 0 Å². The molecule has 0 spiro atoms. The third-order valence-corrected chi connectivity index (χ3v) is 4.46. The second-order valence-electron chi connectivity index (χ2n) is 6.24. The molecule has 10 heteroatoms. The number of para-hydroxylation sites is 2. The molecule has 5 rings (SSSR count). The van der Waals surface area contributed by atoms with Crippen LogP contribution in [0.2, 0.25) is 0 Å². The van der Waals surface area contributed by atoms with E-state index in [2.05, 4.69) is 30.6 Å². The minimum Gasteiger partial charge on any atom is -0.339 e. The Kier molecular flexibility index (Phi) is 3.35. The highest BCUT2D eigenvalue weighted by Gasteiger charge is 2.30. The molecule has 1 amide bonds. The highest BCUT2D eigenvalue weighted by Crippen LogP contribution is 2.27. The van der Waals surface area contributed by atoms with Crippen molar-refractivity contribution in [2.75, 3.05) is 5.32 Å². The average Bonchev–Trinajstić information content (AvgIpc) is 3.27. The van der Waals surface area contributed by atoms with Gasteiger partial charge in [-0.25, -0.2) is 10.1 Å². The molecule has 1 aromatic carbocycles. The number of aromatic amines is 1. The van der Waals surface area contributed by atoms with Crippen molar-refractivity contribution in [1.29, 1.82) is 0 Å². The van der Waals surface area contributed by atoms with Gasteiger partial charge in [0.1, 0.15) is 5.69 Å². The Morgan fingerprint density at radius 3 is 2.89 bits per heavy atom. The number of nitrogens with one attached hydrogen (secondary N) is 2. The van der Waals surface area contributed by atoms with Crippen molar-refractivity contribution in [3.8, 4) is 11.5 Å². The number of nitrogens with zero attached hydrogens (tertiary/aromatic N) is 5. The van der Waals surface area contributed by atoms with Gasteiger partial charge in [0.15, 0.2) is 0 Å². The molecule has 1 aliphatic heterocycles. The summed E-state index contributed by atoms with van der Waals surface area (Å²) < 4.78 is 7.23. The van der Waals surface area contributed by atoms with Crippen LogP contribution < -0.4 is 10.9 Å². The SMILES string of the molecule is O=C1Nc2nc3ccccc3n2CC1Cc1nc(-c2ccc(=O)[nH]n2)no1. The highest BCUT2D eigenvalue weighted by molar-refractivity contribution is 5.95. The van der Waals surface area contributed by atoms with E-state index >= 15 is 0 Å². The van der Waals surface area contributed by atoms with Crippen LogP contribution in [0.3, 0.4) is 0 Å². The lowest BCUT2D eigenvalue weighted by Gasteiger charge is -2.22. The molecule has 3 aromatic heterocycles. The molecule has 0 fully saturated rings. The molecule has 10 nitrogen and oxygen atoms in total. The van der Waals surface area contributed by atoms with E-state index in [9.17, 15) is 9.59 Å². The first-order valence-corrected chi connectivity index (χ1v) is 8.32. The summed E-state index contributed by atoms with van der Waals surface area (Å²) >= 11 is 0. The Morgan fingerprint density at radius 2 is 2.04 bits per heavy atom. The van der Waals surface area contributed by atoms with Crippen LogP contribution in [-0.2, 0) is 17.8 Å². The summed E-state index contributed by atoms with van der Waals surface area (Å²) in [5.74, 6) is 0.616. The quantitative estimate of drug-likeness (QED) is 0.554. The normalized spacial score (nSPS) is 16.3. The Balaban J connectivity index is 1.40. The first-order valence-electron chi connectivity index (χ1n) is 8.32. The van der Waals surface area contributed by atoms with Gasteiger partial charge in [-0.2, -0.15) is 10.1 Å². The van der Waals surface area contributed by atoms with Gasteiger partial charge in [-0.15, -0.1) is 0 Å². The zero-order valence-corrected chi connectivity index (χ0v) is 13.9. The van der Waals surface area contributed by atoms with Gasteiger partial charge in [-0.3, -0.25) is 14.9 Å². The van der Waals surface area contributed by atoms with E-state index in [-0.39, 0.29) is 29.6 Å². The molecule has 134 valence electrons. The van der Waals surface area contributed by atoms with Crippen molar-refractivity contribution in [3.63, 3.8) is 0 Å². The summed E-state index contributed by atoms with van der Waals surface area (Å²) in [5.41, 5.74) is 1.86. The number of rotatable bonds is 3. The van der Waals surface area contributed by atoms with Gasteiger partial charge in [0.05, 0.1) is 17.0 Å². The van der Waals surface area contributed by atoms with Crippen LogP contribution in [0.5, 0.6) is 0 Å². The van der Waals surface area contributed by atoms with Gasteiger partial charge in [-0.1, -0.05) is 17.3 Å². The Morgan fingerprint density at radius 1 is 1.15 bits per heavy atom. The number of carbonyl (C=O) groups excluding carboxylic acids is 1. The van der Waals surface area contributed by atoms with Gasteiger partial charge in [-0.05, 0) is 18.2 Å². The summed E-state index contributed by atoms with van der Waals surface area (Å²) in [6, 6.07) is 10.6. The van der Waals surface area contributed by atoms with Crippen molar-refractivity contribution in [3.05, 3.63) is 52.6 Å². The molecule has 0 radical (unpaired) electrons. The molecule has 0 aliphatic carbocycles. The highest BCUT2D eigenvalue weighted by atomic mass is 16.5. The minimum atomic E-state index is -0.369. The van der Waals surface area contributed by atoms with Gasteiger partial charge in [0.2, 0.25) is 23.6 Å². The van der Waals surface area contributed by atoms with E-state index in [0.717, 1.165) is 11.0 Å². The molecule has 4 heterocycles. The largest absolute Gasteiger partial charge is 0.339 e. The van der Waals surface area contributed by atoms with E-state index < -0.39 is 0 Å². The third-order valence-electron chi connectivity index (χ3n) is 4.46. The molecular formula is C17H13N7O3. The van der Waals surface area contributed by atoms with E-state index in [0.29, 0.717) is 24.1 Å². The van der Waals surface area contributed by atoms with Gasteiger partial charge in [0, 0.05) is 19.0 Å². The molecule has 1 atom stereocenters. The van der Waals surface area contributed by atoms with Crippen LogP contribution in [-0.4, -0.2) is 35.8 Å². The predicted octanol–water partition coefficient (Wildman–Crippen LogP) is 0.981. The van der Waals surface area contributed by atoms with Crippen LogP contribution in [0, 0.1) is 5.92 Å². The molecule has 4 aromatic rings. The number of fused-ring (bicyclic) bond motifs is 3. The standard InChI is InChI=1S/C17H13N7O3/c25-13-6-5-11(21-22-13)15-19-14(27-23-15)7-9-8-24-12-4-2-1-3-10(12)18-17(24)20-16(9)26/h1-6,9H,7-8H2,(H,22,25)(H,18,20,26). The number of carbonyl (C=O) groups is 1. The summed E-state index contributed by atoms with van der Waals surface area (Å²) in [6.07, 6.45) is 0.286. The zero-order valence-electron chi connectivity index (χ0n) is 13.9. The third kappa shape index (κ3) is 2.67. The van der Waals surface area contributed by atoms with Crippen LogP contribution in [0.25, 0.3) is 22.6 Å². The van der Waals surface area contributed by atoms with E-state index in [4.69, 9.17) is 4.52 Å². The zero-order chi connectivity index (χ0) is 18.4. The molecule has 27 heavy (non-hydrogen) atoms. The molecule has 0 bridgehead atoms. The van der Waals surface area contributed by atoms with Crippen LogP contribution in [0.15, 0.2) is 45.7 Å². The lowest BCUT2D eigenvalue weighted by atomic mass is 10.0. The van der Waals surface area contributed by atoms with Crippen molar-refractivity contribution in [1.82, 2.24) is 29.9 Å². The molecule has 0 saturated carbocycles. The van der Waals surface area contributed by atoms with E-state index in [1.165, 1.54) is 12.1 Å². The minimum absolute atomic E-state index is 0.139. The lowest BCUT2D eigenvalue weighted by Crippen LogP contribution is -2.34. The van der Waals surface area contributed by atoms with Crippen molar-refractivity contribution < 1.29 is 9.32 Å². The fourth-order valence-electron chi connectivity index (χ4n) is 3.15. The Labute approximate surface area is 151 Å². The van der Waals surface area contributed by atoms with Crippen molar-refractivity contribution in [2.45, 2.75) is 13.0 Å². The number of anilines is 1. The van der Waals surface area contributed by atoms with Crippen molar-refractivity contribution >= 4 is 22.9 Å². The van der Waals surface area contributed by atoms with Gasteiger partial charge >= 0.3 is 0 Å². The number of imidazole rings is 1. The number of benzene rings is 1. The maximum atomic E-state index is 12.4. The summed E-state index contributed by atoms with van der Waals surface area (Å²) in [4.78, 5) is 32.3. The smallest absolute Gasteiger partial charge is 0.264 e. The average molecular weight is 363 g/mol. The topological polar surface area (TPSA) is 132 Å². The number of aromatic nitrogens is 6. The Hall–Kier alpha value is -3.82. The number of hydrogen-bond donors (Lipinski definition) is 2. The molecule has 2 N–H and O–H groups in total. The van der Waals surface area contributed by atoms with Crippen LogP contribution in [0.4, 0.5) is 5.95 Å². The summed E-state index contributed by atoms with van der Waals surface area (Å²) in [7, 11) is 0. The fraction of sp³-hybridized carbons (Fsp3) is 0.176. The summed E-state index contributed by atoms with van der Waals surface area (Å²) in [5, 5.41) is 12.9. The lowest BCUT2D eigenvalue weighted by molar-refractivity contribution is -0.121. The molecule has 1 aliphatic rings. The molecule has 0 saturated heterocycles. The van der Waals surface area contributed by atoms with E-state index in [1.807, 2.05) is 28.8 Å². The molecule has 1 unspecified atom stereocenters.